The Bertz CT molecular complexity index is 2170. The summed E-state index contributed by atoms with van der Waals surface area (Å²) in [5.74, 6) is 0. The summed E-state index contributed by atoms with van der Waals surface area (Å²) in [7, 11) is 0. The maximum absolute atomic E-state index is 7.67. The van der Waals surface area contributed by atoms with Gasteiger partial charge < -0.3 is 9.40 Å². The molecule has 0 unspecified atom stereocenters. The van der Waals surface area contributed by atoms with Crippen LogP contribution >= 0.6 is 11.3 Å². The third-order valence-electron chi connectivity index (χ3n) is 8.41. The van der Waals surface area contributed by atoms with Crippen LogP contribution in [0.2, 0.25) is 0 Å². The maximum Gasteiger partial charge on any atom is 0.216 e. The molecule has 0 fully saturated rings. The molecular formula is C38H33IrN3OS-2. The van der Waals surface area contributed by atoms with E-state index in [0.29, 0.717) is 11.3 Å². The van der Waals surface area contributed by atoms with Crippen LogP contribution in [0.5, 0.6) is 0 Å². The number of nitrogens with zero attached hydrogens (tertiary/aromatic N) is 3. The van der Waals surface area contributed by atoms with Crippen molar-refractivity contribution in [1.82, 2.24) is 15.0 Å². The Kier molecular flexibility index (Phi) is 7.07. The Morgan fingerprint density at radius 3 is 2.43 bits per heavy atom. The van der Waals surface area contributed by atoms with E-state index < -0.39 is 6.85 Å². The van der Waals surface area contributed by atoms with Gasteiger partial charge in [0.1, 0.15) is 0 Å². The van der Waals surface area contributed by atoms with Gasteiger partial charge in [0.15, 0.2) is 0 Å². The SMILES string of the molecule is [2H]C([2H])([2H])c1ccc2c(n1)oc1c(-c3ccc4sc5c(c4n3)C(C)(C)CCC5(C)C)[c-]ccc12.[Ir].[c-]1ccccc1-c1ccccn1. The Morgan fingerprint density at radius 2 is 1.66 bits per heavy atom. The smallest absolute Gasteiger partial charge is 0.216 e. The van der Waals surface area contributed by atoms with Gasteiger partial charge in [-0.05, 0) is 71.7 Å². The molecule has 0 aliphatic heterocycles. The van der Waals surface area contributed by atoms with E-state index in [2.05, 4.69) is 55.9 Å². The zero-order valence-corrected chi connectivity index (χ0v) is 28.2. The summed E-state index contributed by atoms with van der Waals surface area (Å²) in [6.45, 7) is 7.03. The quantitative estimate of drug-likeness (QED) is 0.164. The molecule has 1 radical (unpaired) electrons. The third kappa shape index (κ3) is 5.40. The van der Waals surface area contributed by atoms with Crippen LogP contribution in [0.25, 0.3) is 54.8 Å². The van der Waals surface area contributed by atoms with Crippen molar-refractivity contribution in [2.75, 3.05) is 0 Å². The molecule has 0 bridgehead atoms. The van der Waals surface area contributed by atoms with Gasteiger partial charge in [-0.1, -0.05) is 56.8 Å². The first-order valence-corrected chi connectivity index (χ1v) is 15.3. The van der Waals surface area contributed by atoms with Crippen molar-refractivity contribution in [3.63, 3.8) is 0 Å². The van der Waals surface area contributed by atoms with Crippen molar-refractivity contribution in [3.05, 3.63) is 113 Å². The number of thiophene rings is 1. The minimum Gasteiger partial charge on any atom is -0.486 e. The van der Waals surface area contributed by atoms with Crippen molar-refractivity contribution < 1.29 is 28.6 Å². The van der Waals surface area contributed by atoms with Gasteiger partial charge in [0, 0.05) is 46.4 Å². The molecular weight excluding hydrogens is 739 g/mol. The molecule has 0 atom stereocenters. The minimum absolute atomic E-state index is 0. The molecule has 5 heterocycles. The van der Waals surface area contributed by atoms with E-state index in [4.69, 9.17) is 13.5 Å². The average molecular weight is 775 g/mol. The first kappa shape index (κ1) is 26.7. The van der Waals surface area contributed by atoms with Gasteiger partial charge in [-0.2, -0.15) is 0 Å². The van der Waals surface area contributed by atoms with E-state index >= 15 is 0 Å². The molecule has 0 spiro atoms. The van der Waals surface area contributed by atoms with Crippen LogP contribution in [0.3, 0.4) is 0 Å². The fraction of sp³-hybridized carbons (Fsp3) is 0.237. The summed E-state index contributed by atoms with van der Waals surface area (Å²) in [6.07, 6.45) is 4.09. The molecule has 0 saturated heterocycles. The fourth-order valence-electron chi connectivity index (χ4n) is 5.97. The van der Waals surface area contributed by atoms with Gasteiger partial charge in [-0.3, -0.25) is 4.98 Å². The number of hydrogen-bond donors (Lipinski definition) is 0. The topological polar surface area (TPSA) is 51.8 Å². The van der Waals surface area contributed by atoms with E-state index in [1.165, 1.54) is 21.6 Å². The molecule has 44 heavy (non-hydrogen) atoms. The number of furan rings is 1. The number of benzene rings is 2. The van der Waals surface area contributed by atoms with Crippen LogP contribution in [0.15, 0.2) is 89.5 Å². The van der Waals surface area contributed by atoms with Gasteiger partial charge in [-0.25, -0.2) is 4.98 Å². The van der Waals surface area contributed by atoms with Crippen LogP contribution in [0.1, 0.15) is 60.8 Å². The standard InChI is InChI=1S/C27H25N2OS.C11H8N.Ir/c1-15-9-10-17-16-7-6-8-18(23(16)30-25(17)28-15)19-11-12-20-22(29-19)21-24(31-20)27(4,5)14-13-26(21,2)3;1-2-6-10(7-3-1)11-8-4-5-9-12-11;/h6-7,9-12H,13-14H2,1-5H3;1-6,8-9H;/q2*-1;/i1D3;;. The molecule has 0 saturated carbocycles. The van der Waals surface area contributed by atoms with Crippen molar-refractivity contribution in [3.8, 4) is 22.5 Å². The van der Waals surface area contributed by atoms with Crippen LogP contribution in [0.4, 0.5) is 0 Å². The van der Waals surface area contributed by atoms with Crippen molar-refractivity contribution in [2.45, 2.75) is 58.2 Å². The maximum atomic E-state index is 7.67. The van der Waals surface area contributed by atoms with Crippen LogP contribution < -0.4 is 0 Å². The molecule has 223 valence electrons. The summed E-state index contributed by atoms with van der Waals surface area (Å²) < 4.78 is 30.3. The van der Waals surface area contributed by atoms with Crippen LogP contribution in [0, 0.1) is 19.0 Å². The number of aromatic nitrogens is 3. The zero-order chi connectivity index (χ0) is 32.3. The van der Waals surface area contributed by atoms with Gasteiger partial charge in [0.25, 0.3) is 0 Å². The summed E-state index contributed by atoms with van der Waals surface area (Å²) >= 11 is 1.86. The minimum atomic E-state index is -2.28. The third-order valence-corrected chi connectivity index (χ3v) is 9.92. The largest absolute Gasteiger partial charge is 0.486 e. The van der Waals surface area contributed by atoms with Gasteiger partial charge in [0.2, 0.25) is 5.71 Å². The Hall–Kier alpha value is -3.70. The number of pyridine rings is 3. The van der Waals surface area contributed by atoms with Gasteiger partial charge in [0.05, 0.1) is 15.8 Å². The number of hydrogen-bond acceptors (Lipinski definition) is 5. The molecule has 8 rings (SSSR count). The molecule has 1 aliphatic carbocycles. The predicted octanol–water partition coefficient (Wildman–Crippen LogP) is 10.3. The summed E-state index contributed by atoms with van der Waals surface area (Å²) in [5, 5.41) is 1.67. The van der Waals surface area contributed by atoms with E-state index in [0.717, 1.165) is 45.2 Å². The zero-order valence-electron chi connectivity index (χ0n) is 28.0. The molecule has 1 aliphatic rings. The van der Waals surface area contributed by atoms with Gasteiger partial charge >= 0.3 is 0 Å². The normalized spacial score (nSPS) is 16.2. The second-order valence-corrected chi connectivity index (χ2v) is 13.4. The number of rotatable bonds is 2. The predicted molar refractivity (Wildman–Crippen MR) is 177 cm³/mol. The molecule has 2 aromatic carbocycles. The number of fused-ring (bicyclic) bond motifs is 6. The molecule has 6 heteroatoms. The molecule has 4 nitrogen and oxygen atoms in total. The van der Waals surface area contributed by atoms with Crippen molar-refractivity contribution >= 4 is 43.6 Å². The second kappa shape index (κ2) is 11.7. The van der Waals surface area contributed by atoms with E-state index in [-0.39, 0.29) is 36.6 Å². The molecule has 7 aromatic rings. The van der Waals surface area contributed by atoms with Crippen molar-refractivity contribution in [2.24, 2.45) is 0 Å². The molecule has 5 aromatic heterocycles. The van der Waals surface area contributed by atoms with E-state index in [1.807, 2.05) is 72.0 Å². The van der Waals surface area contributed by atoms with Crippen LogP contribution in [-0.4, -0.2) is 15.0 Å². The first-order chi connectivity index (χ1) is 21.9. The summed E-state index contributed by atoms with van der Waals surface area (Å²) in [5.41, 5.74) is 7.20. The fourth-order valence-corrected chi connectivity index (χ4v) is 7.42. The number of aryl methyl sites for hydroxylation is 1. The van der Waals surface area contributed by atoms with Crippen molar-refractivity contribution in [1.29, 1.82) is 0 Å². The first-order valence-electron chi connectivity index (χ1n) is 16.0. The summed E-state index contributed by atoms with van der Waals surface area (Å²) in [6, 6.07) is 31.4. The monoisotopic (exact) mass is 775 g/mol. The molecule has 0 amide bonds. The summed E-state index contributed by atoms with van der Waals surface area (Å²) in [4.78, 5) is 15.1. The second-order valence-electron chi connectivity index (χ2n) is 12.4. The Labute approximate surface area is 280 Å². The average Bonchev–Trinajstić information content (AvgIpc) is 3.64. The van der Waals surface area contributed by atoms with Gasteiger partial charge in [-0.15, -0.1) is 65.4 Å². The van der Waals surface area contributed by atoms with Crippen LogP contribution in [-0.2, 0) is 30.9 Å². The Morgan fingerprint density at radius 1 is 0.818 bits per heavy atom. The van der Waals surface area contributed by atoms with E-state index in [9.17, 15) is 0 Å². The Balaban J connectivity index is 0.000000250. The van der Waals surface area contributed by atoms with E-state index in [1.54, 1.807) is 18.3 Å². The molecule has 0 N–H and O–H groups in total.